The number of H-pyrrole nitrogens is 2. The van der Waals surface area contributed by atoms with Gasteiger partial charge in [-0.05, 0) is 48.5 Å². The van der Waals surface area contributed by atoms with Crippen LogP contribution in [-0.4, -0.2) is 29.9 Å². The lowest BCUT2D eigenvalue weighted by Crippen LogP contribution is -1.84. The molecule has 0 radical (unpaired) electrons. The number of hydrogen-bond acceptors (Lipinski definition) is 5. The molecule has 6 aromatic rings. The predicted octanol–water partition coefficient (Wildman–Crippen LogP) is 5.36. The minimum absolute atomic E-state index is 0.722. The van der Waals surface area contributed by atoms with Crippen molar-refractivity contribution in [3.63, 3.8) is 0 Å². The molecule has 0 unspecified atom stereocenters. The Morgan fingerprint density at radius 3 is 1.58 bits per heavy atom. The van der Waals surface area contributed by atoms with E-state index in [1.165, 1.54) is 0 Å². The van der Waals surface area contributed by atoms with E-state index in [9.17, 15) is 0 Å². The minimum Gasteiger partial charge on any atom is -0.457 e. The first-order valence-corrected chi connectivity index (χ1v) is 9.80. The smallest absolute Gasteiger partial charge is 0.140 e. The van der Waals surface area contributed by atoms with Gasteiger partial charge in [0.25, 0.3) is 0 Å². The van der Waals surface area contributed by atoms with Crippen LogP contribution in [0.25, 0.3) is 44.8 Å². The highest BCUT2D eigenvalue weighted by Crippen LogP contribution is 2.29. The van der Waals surface area contributed by atoms with Crippen LogP contribution in [0.1, 0.15) is 0 Å². The van der Waals surface area contributed by atoms with Gasteiger partial charge in [-0.2, -0.15) is 0 Å². The number of nitrogens with one attached hydrogen (secondary N) is 2. The second kappa shape index (κ2) is 7.07. The number of fused-ring (bicyclic) bond motifs is 2. The Labute approximate surface area is 176 Å². The van der Waals surface area contributed by atoms with Crippen molar-refractivity contribution in [2.75, 3.05) is 0 Å². The molecule has 7 nitrogen and oxygen atoms in total. The first-order valence-electron chi connectivity index (χ1n) is 9.80. The Hall–Kier alpha value is -4.52. The zero-order valence-corrected chi connectivity index (χ0v) is 16.3. The highest BCUT2D eigenvalue weighted by Gasteiger charge is 2.09. The van der Waals surface area contributed by atoms with E-state index in [-0.39, 0.29) is 0 Å². The molecular weight excluding hydrogens is 388 g/mol. The van der Waals surface area contributed by atoms with Gasteiger partial charge in [0, 0.05) is 48.0 Å². The molecule has 31 heavy (non-hydrogen) atoms. The molecule has 0 aliphatic carbocycles. The summed E-state index contributed by atoms with van der Waals surface area (Å²) in [5.74, 6) is 3.00. The van der Waals surface area contributed by atoms with Gasteiger partial charge in [-0.1, -0.05) is 0 Å². The quantitative estimate of drug-likeness (QED) is 0.413. The predicted molar refractivity (Wildman–Crippen MR) is 119 cm³/mol. The third kappa shape index (κ3) is 3.28. The normalized spacial score (nSPS) is 11.2. The Bertz CT molecular complexity index is 1390. The lowest BCUT2D eigenvalue weighted by atomic mass is 10.3. The number of ether oxygens (including phenoxy) is 1. The van der Waals surface area contributed by atoms with Crippen molar-refractivity contribution in [3.8, 4) is 34.3 Å². The van der Waals surface area contributed by atoms with Crippen molar-refractivity contribution >= 4 is 22.1 Å². The molecule has 0 aliphatic rings. The van der Waals surface area contributed by atoms with Crippen molar-refractivity contribution in [2.24, 2.45) is 0 Å². The third-order valence-corrected chi connectivity index (χ3v) is 5.01. The molecule has 7 heteroatoms. The summed E-state index contributed by atoms with van der Waals surface area (Å²) in [5, 5.41) is 0. The molecule has 148 valence electrons. The number of nitrogens with zero attached hydrogens (tertiary/aromatic N) is 4. The summed E-state index contributed by atoms with van der Waals surface area (Å²) in [5.41, 5.74) is 5.42. The van der Waals surface area contributed by atoms with Crippen LogP contribution in [0.5, 0.6) is 11.5 Å². The fraction of sp³-hybridized carbons (Fsp3) is 0. The van der Waals surface area contributed by atoms with Crippen molar-refractivity contribution < 1.29 is 4.74 Å². The molecule has 6 rings (SSSR count). The van der Waals surface area contributed by atoms with Crippen LogP contribution in [0.15, 0.2) is 85.5 Å². The second-order valence-electron chi connectivity index (χ2n) is 7.11. The third-order valence-electron chi connectivity index (χ3n) is 5.01. The molecule has 0 fully saturated rings. The monoisotopic (exact) mass is 404 g/mol. The summed E-state index contributed by atoms with van der Waals surface area (Å²) < 4.78 is 6.10. The molecule has 0 saturated heterocycles. The zero-order chi connectivity index (χ0) is 20.6. The van der Waals surface area contributed by atoms with E-state index in [2.05, 4.69) is 29.9 Å². The number of aromatic nitrogens is 6. The fourth-order valence-electron chi connectivity index (χ4n) is 3.52. The summed E-state index contributed by atoms with van der Waals surface area (Å²) in [7, 11) is 0. The van der Waals surface area contributed by atoms with Crippen LogP contribution in [-0.2, 0) is 0 Å². The van der Waals surface area contributed by atoms with Crippen molar-refractivity contribution in [1.82, 2.24) is 29.9 Å². The number of rotatable bonds is 4. The van der Waals surface area contributed by atoms with Crippen molar-refractivity contribution in [2.45, 2.75) is 0 Å². The number of benzene rings is 2. The molecule has 2 N–H and O–H groups in total. The lowest BCUT2D eigenvalue weighted by Gasteiger charge is -2.05. The maximum atomic E-state index is 6.10. The second-order valence-corrected chi connectivity index (χ2v) is 7.11. The van der Waals surface area contributed by atoms with Gasteiger partial charge in [0.15, 0.2) is 0 Å². The van der Waals surface area contributed by atoms with Crippen LogP contribution in [0.2, 0.25) is 0 Å². The van der Waals surface area contributed by atoms with Crippen LogP contribution in [0.4, 0.5) is 0 Å². The van der Waals surface area contributed by atoms with E-state index < -0.39 is 0 Å². The molecule has 2 aromatic carbocycles. The lowest BCUT2D eigenvalue weighted by molar-refractivity contribution is 0.484. The van der Waals surface area contributed by atoms with Gasteiger partial charge in [-0.15, -0.1) is 0 Å². The van der Waals surface area contributed by atoms with Crippen molar-refractivity contribution in [3.05, 3.63) is 85.5 Å². The van der Waals surface area contributed by atoms with E-state index in [4.69, 9.17) is 4.74 Å². The molecule has 0 amide bonds. The Morgan fingerprint density at radius 2 is 1.13 bits per heavy atom. The number of hydrogen-bond donors (Lipinski definition) is 2. The summed E-state index contributed by atoms with van der Waals surface area (Å²) >= 11 is 0. The average Bonchev–Trinajstić information content (AvgIpc) is 3.44. The van der Waals surface area contributed by atoms with Gasteiger partial charge in [-0.25, -0.2) is 9.97 Å². The average molecular weight is 404 g/mol. The minimum atomic E-state index is 0.722. The summed E-state index contributed by atoms with van der Waals surface area (Å²) in [6.07, 6.45) is 7.06. The summed E-state index contributed by atoms with van der Waals surface area (Å²) in [6, 6.07) is 19.3. The number of pyridine rings is 2. The molecule has 0 saturated carbocycles. The van der Waals surface area contributed by atoms with Crippen LogP contribution in [0, 0.1) is 0 Å². The fourth-order valence-corrected chi connectivity index (χ4v) is 3.52. The first-order chi connectivity index (χ1) is 15.3. The Morgan fingerprint density at radius 1 is 0.613 bits per heavy atom. The number of aromatic amines is 2. The molecule has 0 spiro atoms. The van der Waals surface area contributed by atoms with E-state index >= 15 is 0 Å². The number of imidazole rings is 2. The van der Waals surface area contributed by atoms with Gasteiger partial charge in [-0.3, -0.25) is 9.97 Å². The topological polar surface area (TPSA) is 92.4 Å². The zero-order valence-electron chi connectivity index (χ0n) is 16.3. The first kappa shape index (κ1) is 17.3. The van der Waals surface area contributed by atoms with Gasteiger partial charge in [0.05, 0.1) is 22.1 Å². The maximum Gasteiger partial charge on any atom is 0.140 e. The molecule has 0 atom stereocenters. The SMILES string of the molecule is c1cncc(-c2nc3ccc(Oc4ccc5nc(-c6cccnc6)[nH]c5c4)cc3[nH]2)c1. The molecule has 0 bridgehead atoms. The molecular formula is C24H16N6O. The highest BCUT2D eigenvalue weighted by molar-refractivity contribution is 5.82. The Balaban J connectivity index is 1.30. The van der Waals surface area contributed by atoms with Crippen LogP contribution < -0.4 is 4.74 Å². The largest absolute Gasteiger partial charge is 0.457 e. The van der Waals surface area contributed by atoms with Gasteiger partial charge < -0.3 is 14.7 Å². The van der Waals surface area contributed by atoms with Gasteiger partial charge >= 0.3 is 0 Å². The van der Waals surface area contributed by atoms with E-state index in [0.29, 0.717) is 0 Å². The van der Waals surface area contributed by atoms with E-state index in [1.54, 1.807) is 24.8 Å². The Kier molecular flexibility index (Phi) is 3.96. The van der Waals surface area contributed by atoms with E-state index in [0.717, 1.165) is 56.3 Å². The van der Waals surface area contributed by atoms with E-state index in [1.807, 2.05) is 60.7 Å². The van der Waals surface area contributed by atoms with Crippen molar-refractivity contribution in [1.29, 1.82) is 0 Å². The standard InChI is InChI=1S/C24H16N6O/c1-3-15(13-25-9-1)23-27-19-7-5-17(11-21(19)29-23)31-18-6-8-20-22(12-18)30-24(28-20)16-4-2-10-26-14-16/h1-14H,(H,27,29)(H,28,30). The molecule has 4 heterocycles. The summed E-state index contributed by atoms with van der Waals surface area (Å²) in [6.45, 7) is 0. The van der Waals surface area contributed by atoms with Gasteiger partial charge in [0.1, 0.15) is 23.1 Å². The molecule has 0 aliphatic heterocycles. The van der Waals surface area contributed by atoms with Crippen LogP contribution >= 0.6 is 0 Å². The van der Waals surface area contributed by atoms with Crippen LogP contribution in [0.3, 0.4) is 0 Å². The highest BCUT2D eigenvalue weighted by atomic mass is 16.5. The maximum absolute atomic E-state index is 6.10. The molecule has 4 aromatic heterocycles. The summed E-state index contributed by atoms with van der Waals surface area (Å²) in [4.78, 5) is 24.2. The van der Waals surface area contributed by atoms with Gasteiger partial charge in [0.2, 0.25) is 0 Å².